The van der Waals surface area contributed by atoms with Gasteiger partial charge in [0.25, 0.3) is 0 Å². The van der Waals surface area contributed by atoms with Gasteiger partial charge in [0.2, 0.25) is 0 Å². The van der Waals surface area contributed by atoms with Crippen molar-refractivity contribution in [1.29, 1.82) is 0 Å². The molecule has 0 saturated carbocycles. The van der Waals surface area contributed by atoms with Gasteiger partial charge in [-0.15, -0.1) is 0 Å². The van der Waals surface area contributed by atoms with Crippen molar-refractivity contribution in [3.05, 3.63) is 0 Å². The number of carboxylic acid groups (broad SMARTS) is 4. The molecule has 0 fully saturated rings. The molecular formula is C2H6MgO7Ti. The van der Waals surface area contributed by atoms with Gasteiger partial charge in [0.05, 0.1) is 0 Å². The van der Waals surface area contributed by atoms with Crippen molar-refractivity contribution in [2.45, 2.75) is 0 Å². The van der Waals surface area contributed by atoms with Crippen LogP contribution in [0.4, 0.5) is 9.59 Å². The first kappa shape index (κ1) is 22.4. The van der Waals surface area contributed by atoms with Gasteiger partial charge in [-0.2, -0.15) is 0 Å². The monoisotopic (exact) mass is 214 g/mol. The third-order valence-corrected chi connectivity index (χ3v) is 0. The van der Waals surface area contributed by atoms with Gasteiger partial charge in [-0.1, -0.05) is 0 Å². The maximum atomic E-state index is 8.56. The Bertz CT molecular complexity index is 84.6. The predicted molar refractivity (Wildman–Crippen MR) is 30.5 cm³/mol. The van der Waals surface area contributed by atoms with E-state index in [9.17, 15) is 0 Å². The van der Waals surface area contributed by atoms with Gasteiger partial charge in [0, 0.05) is 0 Å². The van der Waals surface area contributed by atoms with Gasteiger partial charge in [0.1, 0.15) is 0 Å². The third kappa shape index (κ3) is 18600. The molecule has 0 aromatic carbocycles. The first-order valence-corrected chi connectivity index (χ1v) is 2.14. The average molecular weight is 214 g/mol. The second-order valence-corrected chi connectivity index (χ2v) is 0.565. The summed E-state index contributed by atoms with van der Waals surface area (Å²) in [5, 5.41) is 27.9. The summed E-state index contributed by atoms with van der Waals surface area (Å²) in [4.78, 5) is 17.1. The van der Waals surface area contributed by atoms with Crippen LogP contribution in [-0.4, -0.2) is 55.8 Å². The minimum atomic E-state index is -1.83. The van der Waals surface area contributed by atoms with Crippen molar-refractivity contribution >= 4 is 35.4 Å². The average Bonchev–Trinajstić information content (AvgIpc) is 1.66. The van der Waals surface area contributed by atoms with Gasteiger partial charge in [-0.05, 0) is 0 Å². The molecule has 0 radical (unpaired) electrons. The topological polar surface area (TPSA) is 132 Å². The Kier molecular flexibility index (Phi) is 46.0. The molecule has 0 bridgehead atoms. The third-order valence-electron chi connectivity index (χ3n) is 0. The van der Waals surface area contributed by atoms with Crippen molar-refractivity contribution in [3.8, 4) is 0 Å². The number of rotatable bonds is 0. The van der Waals surface area contributed by atoms with Crippen molar-refractivity contribution in [1.82, 2.24) is 0 Å². The Hall–Kier alpha value is -0.179. The van der Waals surface area contributed by atoms with E-state index in [2.05, 4.69) is 0 Å². The molecule has 0 aliphatic heterocycles. The molecule has 9 heteroatoms. The quantitative estimate of drug-likeness (QED) is 0.396. The van der Waals surface area contributed by atoms with E-state index in [1.54, 1.807) is 0 Å². The standard InChI is InChI=1S/2CH2O3.Mg.O.Ti.2H/c2*2-1(3)4;;;;;/h2*(H2,2,3,4);;;;;. The normalized spacial score (nSPS) is 4.64. The summed E-state index contributed by atoms with van der Waals surface area (Å²) in [5.74, 6) is 0. The first-order chi connectivity index (χ1) is 4.46. The molecule has 0 atom stereocenters. The van der Waals surface area contributed by atoms with E-state index in [0.29, 0.717) is 0 Å². The van der Waals surface area contributed by atoms with Crippen LogP contribution < -0.4 is 0 Å². The van der Waals surface area contributed by atoms with Gasteiger partial charge in [0.15, 0.2) is 0 Å². The fourth-order valence-corrected chi connectivity index (χ4v) is 0. The summed E-state index contributed by atoms with van der Waals surface area (Å²) in [6.45, 7) is 0. The molecule has 11 heavy (non-hydrogen) atoms. The molecule has 7 nitrogen and oxygen atoms in total. The molecule has 0 heterocycles. The summed E-state index contributed by atoms with van der Waals surface area (Å²) in [5.41, 5.74) is 0. The minimum absolute atomic E-state index is 0. The molecular weight excluding hydrogens is 208 g/mol. The Balaban J connectivity index is -0.0000000339. The van der Waals surface area contributed by atoms with E-state index in [4.69, 9.17) is 33.3 Å². The second-order valence-electron chi connectivity index (χ2n) is 0.565. The number of carbonyl (C=O) groups is 2. The molecule has 0 aromatic rings. The van der Waals surface area contributed by atoms with Crippen LogP contribution in [0.3, 0.4) is 0 Å². The zero-order valence-electron chi connectivity index (χ0n) is 4.51. The molecule has 0 unspecified atom stereocenters. The molecule has 0 spiro atoms. The van der Waals surface area contributed by atoms with E-state index in [1.165, 1.54) is 0 Å². The van der Waals surface area contributed by atoms with Gasteiger partial charge in [-0.25, -0.2) is 9.59 Å². The van der Waals surface area contributed by atoms with E-state index in [1.807, 2.05) is 0 Å². The molecule has 0 saturated heterocycles. The first-order valence-electron chi connectivity index (χ1n) is 1.51. The molecule has 0 amide bonds. The van der Waals surface area contributed by atoms with Gasteiger partial charge in [-0.3, -0.25) is 0 Å². The van der Waals surface area contributed by atoms with Crippen LogP contribution in [0.15, 0.2) is 0 Å². The molecule has 0 aromatic heterocycles. The van der Waals surface area contributed by atoms with E-state index >= 15 is 0 Å². The summed E-state index contributed by atoms with van der Waals surface area (Å²) < 4.78 is 8.25. The summed E-state index contributed by atoms with van der Waals surface area (Å²) in [7, 11) is 0. The Morgan fingerprint density at radius 1 is 0.818 bits per heavy atom. The van der Waals surface area contributed by atoms with Crippen LogP contribution in [0.2, 0.25) is 0 Å². The summed E-state index contributed by atoms with van der Waals surface area (Å²) in [6.07, 6.45) is -3.67. The zero-order valence-corrected chi connectivity index (χ0v) is 6.08. The van der Waals surface area contributed by atoms with E-state index in [0.717, 1.165) is 20.4 Å². The molecule has 0 aliphatic rings. The van der Waals surface area contributed by atoms with E-state index < -0.39 is 12.3 Å². The van der Waals surface area contributed by atoms with Crippen LogP contribution in [0.5, 0.6) is 0 Å². The maximum absolute atomic E-state index is 8.56. The summed E-state index contributed by atoms with van der Waals surface area (Å²) in [6, 6.07) is 0. The SMILES string of the molecule is O=C(O)O.O=C(O)O.[MgH2].[O]=[Ti]. The molecule has 0 aliphatic carbocycles. The van der Waals surface area contributed by atoms with Crippen LogP contribution in [0.25, 0.3) is 0 Å². The van der Waals surface area contributed by atoms with Crippen molar-refractivity contribution in [2.24, 2.45) is 0 Å². The van der Waals surface area contributed by atoms with Gasteiger partial charge < -0.3 is 20.4 Å². The van der Waals surface area contributed by atoms with Crippen LogP contribution in [0.1, 0.15) is 0 Å². The van der Waals surface area contributed by atoms with Crippen LogP contribution in [-0.2, 0) is 23.7 Å². The van der Waals surface area contributed by atoms with Crippen molar-refractivity contribution < 1.29 is 53.7 Å². The number of hydrogen-bond acceptors (Lipinski definition) is 3. The van der Waals surface area contributed by atoms with Gasteiger partial charge >= 0.3 is 59.1 Å². The Morgan fingerprint density at radius 2 is 0.818 bits per heavy atom. The summed E-state index contributed by atoms with van der Waals surface area (Å²) >= 11 is 0.750. The molecule has 4 N–H and O–H groups in total. The second kappa shape index (κ2) is 22.6. The Labute approximate surface area is 88.9 Å². The zero-order chi connectivity index (χ0) is 9.15. The van der Waals surface area contributed by atoms with Crippen LogP contribution >= 0.6 is 0 Å². The molecule has 62 valence electrons. The predicted octanol–water partition coefficient (Wildman–Crippen LogP) is -0.593. The molecule has 0 rings (SSSR count). The number of hydrogen-bond donors (Lipinski definition) is 4. The van der Waals surface area contributed by atoms with Crippen molar-refractivity contribution in [3.63, 3.8) is 0 Å². The van der Waals surface area contributed by atoms with Crippen LogP contribution in [0, 0.1) is 0 Å². The van der Waals surface area contributed by atoms with E-state index in [-0.39, 0.29) is 23.1 Å². The Morgan fingerprint density at radius 3 is 0.818 bits per heavy atom. The fourth-order valence-electron chi connectivity index (χ4n) is 0. The fraction of sp³-hybridized carbons (Fsp3) is 0. The van der Waals surface area contributed by atoms with Crippen molar-refractivity contribution in [2.75, 3.05) is 0 Å².